The van der Waals surface area contributed by atoms with Crippen LogP contribution in [0, 0.1) is 12.7 Å². The Kier molecular flexibility index (Phi) is 4.18. The zero-order valence-electron chi connectivity index (χ0n) is 8.31. The van der Waals surface area contributed by atoms with Crippen molar-refractivity contribution in [3.05, 3.63) is 29.6 Å². The standard InChI is InChI=1S/C10H9BrF4O/c1-6-2-3-7(4-8(6)12)16-5-9(11)10(13,14)15/h2-4,9H,5H2,1H3. The number of rotatable bonds is 3. The molecule has 0 saturated carbocycles. The quantitative estimate of drug-likeness (QED) is 0.609. The molecule has 0 radical (unpaired) electrons. The number of alkyl halides is 4. The van der Waals surface area contributed by atoms with E-state index in [1.54, 1.807) is 6.92 Å². The highest BCUT2D eigenvalue weighted by atomic mass is 79.9. The van der Waals surface area contributed by atoms with E-state index in [0.717, 1.165) is 6.07 Å². The minimum absolute atomic E-state index is 0.0804. The molecule has 1 nitrogen and oxygen atoms in total. The topological polar surface area (TPSA) is 9.23 Å². The molecular weight excluding hydrogens is 292 g/mol. The lowest BCUT2D eigenvalue weighted by Crippen LogP contribution is -2.28. The first-order valence-electron chi connectivity index (χ1n) is 4.40. The van der Waals surface area contributed by atoms with Gasteiger partial charge in [-0.15, -0.1) is 0 Å². The Hall–Kier alpha value is -0.780. The van der Waals surface area contributed by atoms with Crippen LogP contribution in [0.1, 0.15) is 5.56 Å². The normalized spacial score (nSPS) is 13.6. The molecule has 1 unspecified atom stereocenters. The van der Waals surface area contributed by atoms with Crippen LogP contribution >= 0.6 is 15.9 Å². The van der Waals surface area contributed by atoms with Crippen molar-refractivity contribution in [1.29, 1.82) is 0 Å². The smallest absolute Gasteiger partial charge is 0.404 e. The highest BCUT2D eigenvalue weighted by Crippen LogP contribution is 2.27. The minimum Gasteiger partial charge on any atom is -0.492 e. The maximum atomic E-state index is 13.0. The average molecular weight is 301 g/mol. The van der Waals surface area contributed by atoms with Gasteiger partial charge in [-0.05, 0) is 18.6 Å². The molecule has 6 heteroatoms. The number of ether oxygens (including phenoxy) is 1. The molecule has 0 spiro atoms. The Labute approximate surface area is 98.5 Å². The fourth-order valence-electron chi connectivity index (χ4n) is 0.927. The molecule has 1 atom stereocenters. The third kappa shape index (κ3) is 3.66. The molecule has 0 aliphatic heterocycles. The van der Waals surface area contributed by atoms with Crippen molar-refractivity contribution in [2.24, 2.45) is 0 Å². The van der Waals surface area contributed by atoms with Gasteiger partial charge in [0.1, 0.15) is 23.0 Å². The van der Waals surface area contributed by atoms with Crippen LogP contribution in [0.25, 0.3) is 0 Å². The molecule has 90 valence electrons. The van der Waals surface area contributed by atoms with Crippen molar-refractivity contribution in [3.63, 3.8) is 0 Å². The Balaban J connectivity index is 2.58. The molecule has 16 heavy (non-hydrogen) atoms. The summed E-state index contributed by atoms with van der Waals surface area (Å²) < 4.78 is 54.1. The van der Waals surface area contributed by atoms with E-state index in [2.05, 4.69) is 15.9 Å². The predicted octanol–water partition coefficient (Wildman–Crippen LogP) is 3.84. The first kappa shape index (κ1) is 13.3. The third-order valence-electron chi connectivity index (χ3n) is 1.89. The van der Waals surface area contributed by atoms with Gasteiger partial charge in [0.2, 0.25) is 0 Å². The summed E-state index contributed by atoms with van der Waals surface area (Å²) in [6.45, 7) is 0.966. The van der Waals surface area contributed by atoms with Gasteiger partial charge >= 0.3 is 6.18 Å². The van der Waals surface area contributed by atoms with E-state index in [1.807, 2.05) is 0 Å². The molecule has 0 saturated heterocycles. The van der Waals surface area contributed by atoms with Crippen LogP contribution in [0.4, 0.5) is 17.6 Å². The molecule has 1 rings (SSSR count). The second kappa shape index (κ2) is 5.03. The van der Waals surface area contributed by atoms with Gasteiger partial charge in [-0.1, -0.05) is 22.0 Å². The monoisotopic (exact) mass is 300 g/mol. The molecule has 0 N–H and O–H groups in total. The van der Waals surface area contributed by atoms with Crippen molar-refractivity contribution < 1.29 is 22.3 Å². The van der Waals surface area contributed by atoms with Crippen LogP contribution in [-0.2, 0) is 0 Å². The molecule has 0 aliphatic carbocycles. The Bertz CT molecular complexity index is 364. The zero-order valence-corrected chi connectivity index (χ0v) is 9.90. The van der Waals surface area contributed by atoms with Crippen LogP contribution < -0.4 is 4.74 Å². The molecule has 1 aromatic carbocycles. The van der Waals surface area contributed by atoms with Crippen LogP contribution in [0.3, 0.4) is 0 Å². The largest absolute Gasteiger partial charge is 0.492 e. The fraction of sp³-hybridized carbons (Fsp3) is 0.400. The van der Waals surface area contributed by atoms with Crippen LogP contribution in [-0.4, -0.2) is 17.6 Å². The van der Waals surface area contributed by atoms with E-state index in [-0.39, 0.29) is 5.75 Å². The molecule has 0 amide bonds. The number of hydrogen-bond acceptors (Lipinski definition) is 1. The first-order valence-corrected chi connectivity index (χ1v) is 5.32. The van der Waals surface area contributed by atoms with Gasteiger partial charge in [-0.3, -0.25) is 0 Å². The van der Waals surface area contributed by atoms with E-state index >= 15 is 0 Å². The Morgan fingerprint density at radius 1 is 1.38 bits per heavy atom. The average Bonchev–Trinajstić information content (AvgIpc) is 2.18. The number of halogens is 5. The zero-order chi connectivity index (χ0) is 12.3. The minimum atomic E-state index is -4.37. The van der Waals surface area contributed by atoms with Crippen molar-refractivity contribution in [1.82, 2.24) is 0 Å². The second-order valence-electron chi connectivity index (χ2n) is 3.23. The van der Waals surface area contributed by atoms with Crippen LogP contribution in [0.5, 0.6) is 5.75 Å². The van der Waals surface area contributed by atoms with E-state index < -0.39 is 23.4 Å². The first-order chi connectivity index (χ1) is 7.30. The summed E-state index contributed by atoms with van der Waals surface area (Å²) in [6, 6.07) is 3.93. The second-order valence-corrected chi connectivity index (χ2v) is 4.34. The van der Waals surface area contributed by atoms with Gasteiger partial charge < -0.3 is 4.74 Å². The fourth-order valence-corrected chi connectivity index (χ4v) is 1.06. The van der Waals surface area contributed by atoms with Crippen molar-refractivity contribution in [2.45, 2.75) is 17.9 Å². The maximum absolute atomic E-state index is 13.0. The van der Waals surface area contributed by atoms with Gasteiger partial charge in [-0.2, -0.15) is 13.2 Å². The summed E-state index contributed by atoms with van der Waals surface area (Å²) in [5, 5.41) is 0. The summed E-state index contributed by atoms with van der Waals surface area (Å²) in [5.74, 6) is -0.424. The van der Waals surface area contributed by atoms with E-state index in [4.69, 9.17) is 4.74 Å². The van der Waals surface area contributed by atoms with Gasteiger partial charge in [-0.25, -0.2) is 4.39 Å². The molecule has 0 heterocycles. The Morgan fingerprint density at radius 2 is 2.00 bits per heavy atom. The van der Waals surface area contributed by atoms with Crippen molar-refractivity contribution in [2.75, 3.05) is 6.61 Å². The lowest BCUT2D eigenvalue weighted by Gasteiger charge is -2.14. The van der Waals surface area contributed by atoms with E-state index in [1.165, 1.54) is 12.1 Å². The van der Waals surface area contributed by atoms with Gasteiger partial charge in [0.25, 0.3) is 0 Å². The summed E-state index contributed by atoms with van der Waals surface area (Å²) >= 11 is 2.45. The molecule has 0 aromatic heterocycles. The molecular formula is C10H9BrF4O. The number of hydrogen-bond donors (Lipinski definition) is 0. The highest BCUT2D eigenvalue weighted by molar-refractivity contribution is 9.09. The van der Waals surface area contributed by atoms with Gasteiger partial charge in [0, 0.05) is 6.07 Å². The molecule has 0 bridgehead atoms. The van der Waals surface area contributed by atoms with Crippen LogP contribution in [0.15, 0.2) is 18.2 Å². The summed E-state index contributed by atoms with van der Waals surface area (Å²) in [5.41, 5.74) is 0.415. The maximum Gasteiger partial charge on any atom is 0.404 e. The predicted molar refractivity (Wildman–Crippen MR) is 55.4 cm³/mol. The summed E-state index contributed by atoms with van der Waals surface area (Å²) in [6.07, 6.45) is -4.37. The number of benzene rings is 1. The third-order valence-corrected chi connectivity index (χ3v) is 2.68. The SMILES string of the molecule is Cc1ccc(OCC(Br)C(F)(F)F)cc1F. The molecule has 1 aromatic rings. The summed E-state index contributed by atoms with van der Waals surface area (Å²) in [7, 11) is 0. The van der Waals surface area contributed by atoms with Gasteiger partial charge in [0.05, 0.1) is 0 Å². The Morgan fingerprint density at radius 3 is 2.50 bits per heavy atom. The lowest BCUT2D eigenvalue weighted by molar-refractivity contribution is -0.132. The lowest BCUT2D eigenvalue weighted by atomic mass is 10.2. The van der Waals surface area contributed by atoms with Crippen molar-refractivity contribution >= 4 is 15.9 Å². The number of aryl methyl sites for hydroxylation is 1. The van der Waals surface area contributed by atoms with E-state index in [0.29, 0.717) is 5.56 Å². The summed E-state index contributed by atoms with van der Waals surface area (Å²) in [4.78, 5) is -1.76. The van der Waals surface area contributed by atoms with Gasteiger partial charge in [0.15, 0.2) is 0 Å². The highest BCUT2D eigenvalue weighted by Gasteiger charge is 2.38. The molecule has 0 aliphatic rings. The molecule has 0 fully saturated rings. The van der Waals surface area contributed by atoms with E-state index in [9.17, 15) is 17.6 Å². The van der Waals surface area contributed by atoms with Crippen LogP contribution in [0.2, 0.25) is 0 Å². The van der Waals surface area contributed by atoms with Crippen molar-refractivity contribution in [3.8, 4) is 5.75 Å².